The summed E-state index contributed by atoms with van der Waals surface area (Å²) >= 11 is 0. The highest BCUT2D eigenvalue weighted by atomic mass is 16.7. The van der Waals surface area contributed by atoms with Crippen LogP contribution in [0.25, 0.3) is 0 Å². The molecule has 1 heterocycles. The van der Waals surface area contributed by atoms with Gasteiger partial charge in [-0.05, 0) is 38.5 Å². The fourth-order valence-corrected chi connectivity index (χ4v) is 6.69. The average Bonchev–Trinajstić information content (AvgIpc) is 3.13. The molecule has 51 heavy (non-hydrogen) atoms. The summed E-state index contributed by atoms with van der Waals surface area (Å²) in [5.41, 5.74) is 0. The smallest absolute Gasteiger partial charge is 0.249 e. The minimum absolute atomic E-state index is 0.257. The zero-order valence-corrected chi connectivity index (χ0v) is 32.5. The van der Waals surface area contributed by atoms with E-state index in [9.17, 15) is 35.4 Å². The number of hydrogen-bond donors (Lipinski definition) is 7. The number of amides is 1. The lowest BCUT2D eigenvalue weighted by Crippen LogP contribution is -2.60. The van der Waals surface area contributed by atoms with Crippen LogP contribution in [0.15, 0.2) is 12.2 Å². The molecule has 0 aromatic carbocycles. The van der Waals surface area contributed by atoms with Crippen LogP contribution in [0.1, 0.15) is 181 Å². The number of hydrogen-bond acceptors (Lipinski definition) is 9. The zero-order valence-electron chi connectivity index (χ0n) is 32.5. The Morgan fingerprint density at radius 2 is 1.10 bits per heavy atom. The molecule has 0 saturated carbocycles. The van der Waals surface area contributed by atoms with Crippen molar-refractivity contribution in [1.82, 2.24) is 5.32 Å². The Hall–Kier alpha value is -1.11. The van der Waals surface area contributed by atoms with Crippen molar-refractivity contribution >= 4 is 5.91 Å². The predicted octanol–water partition coefficient (Wildman–Crippen LogP) is 6.75. The van der Waals surface area contributed by atoms with Crippen LogP contribution in [0.2, 0.25) is 0 Å². The van der Waals surface area contributed by atoms with Gasteiger partial charge < -0.3 is 45.4 Å². The fourth-order valence-electron chi connectivity index (χ4n) is 6.69. The van der Waals surface area contributed by atoms with Gasteiger partial charge in [0.05, 0.1) is 25.4 Å². The number of aliphatic hydroxyl groups excluding tert-OH is 6. The van der Waals surface area contributed by atoms with Crippen LogP contribution < -0.4 is 5.32 Å². The standard InChI is InChI=1S/C41H79NO9/c1-3-5-7-9-11-13-15-16-17-18-20-21-23-25-27-29-34(44)33(32-50-41-39(48)38(47)37(46)36(31-43)51-41)42-40(49)35(45)30-28-26-24-22-19-14-12-10-8-6-4-2/h12,14,33-39,41,43-48H,3-11,13,15-32H2,1-2H3,(H,42,49)/b14-12-. The second kappa shape index (κ2) is 32.3. The first-order valence-corrected chi connectivity index (χ1v) is 21.0. The van der Waals surface area contributed by atoms with Gasteiger partial charge in [0.1, 0.15) is 30.5 Å². The number of carbonyl (C=O) groups is 1. The zero-order chi connectivity index (χ0) is 37.5. The Morgan fingerprint density at radius 1 is 0.647 bits per heavy atom. The summed E-state index contributed by atoms with van der Waals surface area (Å²) in [6.07, 6.45) is 24.0. The van der Waals surface area contributed by atoms with E-state index in [1.54, 1.807) is 0 Å². The largest absolute Gasteiger partial charge is 0.394 e. The van der Waals surface area contributed by atoms with Crippen molar-refractivity contribution in [3.63, 3.8) is 0 Å². The Morgan fingerprint density at radius 3 is 1.63 bits per heavy atom. The quantitative estimate of drug-likeness (QED) is 0.0280. The lowest BCUT2D eigenvalue weighted by molar-refractivity contribution is -0.302. The van der Waals surface area contributed by atoms with E-state index in [0.717, 1.165) is 57.8 Å². The van der Waals surface area contributed by atoms with Crippen molar-refractivity contribution in [3.8, 4) is 0 Å². The number of nitrogens with one attached hydrogen (secondary N) is 1. The number of aliphatic hydroxyl groups is 6. The van der Waals surface area contributed by atoms with Crippen LogP contribution >= 0.6 is 0 Å². The molecule has 0 radical (unpaired) electrons. The first-order chi connectivity index (χ1) is 24.8. The Bertz CT molecular complexity index is 829. The fraction of sp³-hybridized carbons (Fsp3) is 0.927. The summed E-state index contributed by atoms with van der Waals surface area (Å²) in [7, 11) is 0. The third kappa shape index (κ3) is 23.3. The third-order valence-corrected chi connectivity index (χ3v) is 10.2. The molecular weight excluding hydrogens is 650 g/mol. The van der Waals surface area contributed by atoms with Crippen LogP contribution in [0.5, 0.6) is 0 Å². The molecule has 302 valence electrons. The normalized spacial score (nSPS) is 22.7. The van der Waals surface area contributed by atoms with Gasteiger partial charge in [-0.3, -0.25) is 4.79 Å². The molecule has 0 spiro atoms. The first kappa shape index (κ1) is 47.9. The van der Waals surface area contributed by atoms with E-state index in [1.807, 2.05) is 0 Å². The van der Waals surface area contributed by atoms with Crippen LogP contribution in [-0.4, -0.2) is 98.7 Å². The van der Waals surface area contributed by atoms with E-state index in [0.29, 0.717) is 19.3 Å². The number of allylic oxidation sites excluding steroid dienone is 2. The highest BCUT2D eigenvalue weighted by Gasteiger charge is 2.44. The van der Waals surface area contributed by atoms with Gasteiger partial charge in [-0.2, -0.15) is 0 Å². The van der Waals surface area contributed by atoms with Gasteiger partial charge in [-0.25, -0.2) is 0 Å². The molecule has 1 amide bonds. The van der Waals surface area contributed by atoms with Crippen molar-refractivity contribution in [3.05, 3.63) is 12.2 Å². The molecule has 1 aliphatic heterocycles. The molecule has 0 aromatic heterocycles. The van der Waals surface area contributed by atoms with Crippen molar-refractivity contribution in [2.45, 2.75) is 230 Å². The summed E-state index contributed by atoms with van der Waals surface area (Å²) < 4.78 is 11.1. The Labute approximate surface area is 310 Å². The minimum atomic E-state index is -1.59. The van der Waals surface area contributed by atoms with Crippen molar-refractivity contribution < 1.29 is 44.9 Å². The Kier molecular flexibility index (Phi) is 30.4. The topological polar surface area (TPSA) is 169 Å². The highest BCUT2D eigenvalue weighted by molar-refractivity contribution is 5.80. The van der Waals surface area contributed by atoms with Crippen molar-refractivity contribution in [2.75, 3.05) is 13.2 Å². The highest BCUT2D eigenvalue weighted by Crippen LogP contribution is 2.23. The molecule has 0 bridgehead atoms. The van der Waals surface area contributed by atoms with E-state index in [-0.39, 0.29) is 6.61 Å². The van der Waals surface area contributed by atoms with Crippen molar-refractivity contribution in [1.29, 1.82) is 0 Å². The van der Waals surface area contributed by atoms with Gasteiger partial charge in [0.25, 0.3) is 0 Å². The maximum Gasteiger partial charge on any atom is 0.249 e. The molecule has 10 heteroatoms. The molecule has 8 atom stereocenters. The van der Waals surface area contributed by atoms with E-state index >= 15 is 0 Å². The van der Waals surface area contributed by atoms with Gasteiger partial charge in [0, 0.05) is 0 Å². The number of unbranched alkanes of at least 4 members (excludes halogenated alkanes) is 21. The van der Waals surface area contributed by atoms with Gasteiger partial charge in [0.2, 0.25) is 5.91 Å². The number of carbonyl (C=O) groups excluding carboxylic acids is 1. The first-order valence-electron chi connectivity index (χ1n) is 21.0. The summed E-state index contributed by atoms with van der Waals surface area (Å²) in [5, 5.41) is 64.6. The molecule has 10 nitrogen and oxygen atoms in total. The van der Waals surface area contributed by atoms with Crippen LogP contribution in [-0.2, 0) is 14.3 Å². The lowest BCUT2D eigenvalue weighted by Gasteiger charge is -2.40. The van der Waals surface area contributed by atoms with Gasteiger partial charge >= 0.3 is 0 Å². The predicted molar refractivity (Wildman–Crippen MR) is 204 cm³/mol. The number of ether oxygens (including phenoxy) is 2. The second-order valence-corrected chi connectivity index (χ2v) is 14.9. The lowest BCUT2D eigenvalue weighted by atomic mass is 9.99. The molecule has 7 N–H and O–H groups in total. The molecule has 1 rings (SSSR count). The monoisotopic (exact) mass is 730 g/mol. The van der Waals surface area contributed by atoms with Crippen LogP contribution in [0.3, 0.4) is 0 Å². The van der Waals surface area contributed by atoms with Crippen molar-refractivity contribution in [2.24, 2.45) is 0 Å². The molecule has 0 aromatic rings. The van der Waals surface area contributed by atoms with Gasteiger partial charge in [-0.15, -0.1) is 0 Å². The van der Waals surface area contributed by atoms with E-state index in [1.165, 1.54) is 89.9 Å². The summed E-state index contributed by atoms with van der Waals surface area (Å²) in [5.74, 6) is -0.594. The molecule has 1 fully saturated rings. The van der Waals surface area contributed by atoms with E-state index in [4.69, 9.17) is 9.47 Å². The maximum absolute atomic E-state index is 13.0. The van der Waals surface area contributed by atoms with Crippen LogP contribution in [0.4, 0.5) is 0 Å². The SMILES string of the molecule is CCCCC/C=C\CCCCCCC(O)C(=O)NC(COC1OC(CO)C(O)C(O)C1O)C(O)CCCCCCCCCCCCCCCCC. The van der Waals surface area contributed by atoms with E-state index in [2.05, 4.69) is 31.3 Å². The summed E-state index contributed by atoms with van der Waals surface area (Å²) in [6.45, 7) is 3.61. The molecule has 1 saturated heterocycles. The number of rotatable bonds is 34. The molecule has 0 aliphatic carbocycles. The summed E-state index contributed by atoms with van der Waals surface area (Å²) in [4.78, 5) is 13.0. The van der Waals surface area contributed by atoms with E-state index < -0.39 is 61.5 Å². The maximum atomic E-state index is 13.0. The second-order valence-electron chi connectivity index (χ2n) is 14.9. The molecular formula is C41H79NO9. The Balaban J connectivity index is 2.45. The van der Waals surface area contributed by atoms with Crippen LogP contribution in [0, 0.1) is 0 Å². The minimum Gasteiger partial charge on any atom is -0.394 e. The van der Waals surface area contributed by atoms with Gasteiger partial charge in [0.15, 0.2) is 6.29 Å². The molecule has 1 aliphatic rings. The molecule has 8 unspecified atom stereocenters. The summed E-state index contributed by atoms with van der Waals surface area (Å²) in [6, 6.07) is -0.893. The average molecular weight is 730 g/mol. The van der Waals surface area contributed by atoms with Gasteiger partial charge in [-0.1, -0.05) is 154 Å². The third-order valence-electron chi connectivity index (χ3n) is 10.2.